The topological polar surface area (TPSA) is 106 Å². The van der Waals surface area contributed by atoms with Crippen molar-refractivity contribution in [3.05, 3.63) is 69.8 Å². The number of aliphatic hydroxyl groups excluding tert-OH is 2. The summed E-state index contributed by atoms with van der Waals surface area (Å²) >= 11 is -0.607. The van der Waals surface area contributed by atoms with Gasteiger partial charge in [-0.3, -0.25) is 19.4 Å². The van der Waals surface area contributed by atoms with Crippen molar-refractivity contribution in [2.45, 2.75) is 34.5 Å². The van der Waals surface area contributed by atoms with Crippen LogP contribution in [-0.4, -0.2) is 147 Å². The first-order valence-corrected chi connectivity index (χ1v) is 19.4. The third-order valence-corrected chi connectivity index (χ3v) is 10.6. The molecular formula is C38H42F12N4O6S. The van der Waals surface area contributed by atoms with Crippen molar-refractivity contribution >= 4 is 35.7 Å². The number of alkyl halides is 12. The van der Waals surface area contributed by atoms with E-state index in [2.05, 4.69) is 0 Å². The Hall–Kier alpha value is -3.87. The van der Waals surface area contributed by atoms with Crippen molar-refractivity contribution < 1.29 is 82.0 Å². The average molecular weight is 911 g/mol. The predicted octanol–water partition coefficient (Wildman–Crippen LogP) is 6.25. The highest BCUT2D eigenvalue weighted by atomic mass is 32.2. The summed E-state index contributed by atoms with van der Waals surface area (Å²) in [5.74, 6) is -1.69. The summed E-state index contributed by atoms with van der Waals surface area (Å²) in [5, 5.41) is 17.6. The highest BCUT2D eigenvalue weighted by Crippen LogP contribution is 2.52. The first-order chi connectivity index (χ1) is 28.6. The van der Waals surface area contributed by atoms with E-state index in [1.807, 2.05) is 9.80 Å². The van der Waals surface area contributed by atoms with Crippen LogP contribution in [0.5, 0.6) is 0 Å². The number of ether oxygens (including phenoxy) is 2. The molecule has 2 aliphatic heterocycles. The van der Waals surface area contributed by atoms with E-state index in [1.54, 1.807) is 0 Å². The Labute approximate surface area is 346 Å². The van der Waals surface area contributed by atoms with Crippen LogP contribution in [0.3, 0.4) is 0 Å². The van der Waals surface area contributed by atoms with Crippen molar-refractivity contribution in [3.8, 4) is 0 Å². The Bertz CT molecular complexity index is 1720. The monoisotopic (exact) mass is 910 g/mol. The maximum atomic E-state index is 14.6. The smallest absolute Gasteiger partial charge is 0.394 e. The van der Waals surface area contributed by atoms with Crippen molar-refractivity contribution in [1.82, 2.24) is 19.6 Å². The SMILES string of the molecule is O=C(/C=C/c1ccc(Sc2ccc(/C=C/C(=O)N3CCN(CCOCCO)CC3)c(C(F)(F)F)c2C(F)(F)F)c(C(F)(F)F)c1C(F)(F)F)N1CCN(CCOCCO)CC1. The minimum atomic E-state index is -5.91. The Kier molecular flexibility index (Phi) is 17.5. The molecule has 2 heterocycles. The number of nitrogens with zero attached hydrogens (tertiary/aromatic N) is 4. The first kappa shape index (κ1) is 49.8. The molecule has 4 rings (SSSR count). The fraction of sp³-hybridized carbons (Fsp3) is 0.526. The third kappa shape index (κ3) is 14.1. The van der Waals surface area contributed by atoms with Crippen LogP contribution < -0.4 is 0 Å². The molecule has 2 aliphatic rings. The van der Waals surface area contributed by atoms with Crippen LogP contribution in [-0.2, 0) is 43.8 Å². The summed E-state index contributed by atoms with van der Waals surface area (Å²) in [6, 6.07) is 1.71. The van der Waals surface area contributed by atoms with Gasteiger partial charge < -0.3 is 29.5 Å². The van der Waals surface area contributed by atoms with Gasteiger partial charge in [0.2, 0.25) is 11.8 Å². The van der Waals surface area contributed by atoms with E-state index in [4.69, 9.17) is 19.7 Å². The van der Waals surface area contributed by atoms with Gasteiger partial charge in [-0.2, -0.15) is 52.7 Å². The van der Waals surface area contributed by atoms with Gasteiger partial charge >= 0.3 is 24.7 Å². The quantitative estimate of drug-likeness (QED) is 0.115. The summed E-state index contributed by atoms with van der Waals surface area (Å²) in [5.41, 5.74) is -12.1. The molecule has 340 valence electrons. The van der Waals surface area contributed by atoms with Gasteiger partial charge in [-0.1, -0.05) is 23.9 Å². The first-order valence-electron chi connectivity index (χ1n) is 18.6. The summed E-state index contributed by atoms with van der Waals surface area (Å²) in [6.07, 6.45) is -21.3. The Morgan fingerprint density at radius 1 is 0.525 bits per heavy atom. The fourth-order valence-electron chi connectivity index (χ4n) is 6.58. The lowest BCUT2D eigenvalue weighted by Crippen LogP contribution is -2.49. The van der Waals surface area contributed by atoms with Crippen LogP contribution in [0.15, 0.2) is 46.2 Å². The highest BCUT2D eigenvalue weighted by Gasteiger charge is 2.49. The molecule has 2 N–H and O–H groups in total. The van der Waals surface area contributed by atoms with E-state index in [1.165, 1.54) is 9.80 Å². The van der Waals surface area contributed by atoms with Gasteiger partial charge in [-0.15, -0.1) is 0 Å². The number of amides is 2. The van der Waals surface area contributed by atoms with Crippen LogP contribution >= 0.6 is 11.8 Å². The van der Waals surface area contributed by atoms with Crippen molar-refractivity contribution in [3.63, 3.8) is 0 Å². The number of benzene rings is 2. The van der Waals surface area contributed by atoms with E-state index in [-0.39, 0.29) is 65.8 Å². The van der Waals surface area contributed by atoms with E-state index >= 15 is 0 Å². The highest BCUT2D eigenvalue weighted by molar-refractivity contribution is 7.99. The van der Waals surface area contributed by atoms with E-state index < -0.39 is 91.5 Å². The Morgan fingerprint density at radius 3 is 1.15 bits per heavy atom. The standard InChI is InChI=1S/C38H42F12N4O6S/c39-35(40,41)31-25(3-7-29(57)53-13-9-51(10-14-53)17-21-59-23-19-55)1-5-27(33(31)37(45,46)47)61-28-6-2-26(32(36(42,43)44)34(28)38(48,49)50)4-8-30(58)54-15-11-52(12-16-54)18-22-60-24-20-56/h1-8,55-56H,9-24H2/b7-3+,8-4+. The second kappa shape index (κ2) is 21.5. The van der Waals surface area contributed by atoms with Crippen molar-refractivity contribution in [2.75, 3.05) is 105 Å². The summed E-state index contributed by atoms with van der Waals surface area (Å²) in [4.78, 5) is 29.0. The van der Waals surface area contributed by atoms with Gasteiger partial charge in [0, 0.05) is 87.4 Å². The fourth-order valence-corrected chi connectivity index (χ4v) is 7.73. The molecule has 0 spiro atoms. The van der Waals surface area contributed by atoms with Gasteiger partial charge in [-0.25, -0.2) is 0 Å². The minimum Gasteiger partial charge on any atom is -0.394 e. The van der Waals surface area contributed by atoms with Crippen LogP contribution in [0.1, 0.15) is 33.4 Å². The second-order valence-corrected chi connectivity index (χ2v) is 14.7. The molecule has 0 unspecified atom stereocenters. The number of carbonyl (C=O) groups excluding carboxylic acids is 2. The molecule has 2 aromatic carbocycles. The summed E-state index contributed by atoms with van der Waals surface area (Å²) in [6.45, 7) is 3.06. The third-order valence-electron chi connectivity index (χ3n) is 9.51. The van der Waals surface area contributed by atoms with E-state index in [0.29, 0.717) is 87.8 Å². The zero-order valence-electron chi connectivity index (χ0n) is 32.2. The van der Waals surface area contributed by atoms with Gasteiger partial charge in [0.1, 0.15) is 0 Å². The normalized spacial score (nSPS) is 16.7. The molecule has 0 aliphatic carbocycles. The van der Waals surface area contributed by atoms with Crippen LogP contribution in [0.25, 0.3) is 12.2 Å². The average Bonchev–Trinajstić information content (AvgIpc) is 3.18. The van der Waals surface area contributed by atoms with Gasteiger partial charge in [0.05, 0.1) is 61.9 Å². The molecule has 61 heavy (non-hydrogen) atoms. The zero-order valence-corrected chi connectivity index (χ0v) is 33.0. The second-order valence-electron chi connectivity index (χ2n) is 13.6. The number of carbonyl (C=O) groups is 2. The van der Waals surface area contributed by atoms with Gasteiger partial charge in [0.15, 0.2) is 0 Å². The molecule has 0 aromatic heterocycles. The molecule has 2 saturated heterocycles. The van der Waals surface area contributed by atoms with E-state index in [9.17, 15) is 62.3 Å². The minimum absolute atomic E-state index is 0.104. The lowest BCUT2D eigenvalue weighted by molar-refractivity contribution is -0.164. The number of rotatable bonds is 16. The Morgan fingerprint density at radius 2 is 0.852 bits per heavy atom. The molecular weight excluding hydrogens is 868 g/mol. The van der Waals surface area contributed by atoms with Crippen LogP contribution in [0.2, 0.25) is 0 Å². The molecule has 0 atom stereocenters. The number of hydrogen-bond acceptors (Lipinski definition) is 9. The largest absolute Gasteiger partial charge is 0.418 e. The predicted molar refractivity (Wildman–Crippen MR) is 197 cm³/mol. The molecule has 0 saturated carbocycles. The maximum absolute atomic E-state index is 14.6. The van der Waals surface area contributed by atoms with Crippen LogP contribution in [0.4, 0.5) is 52.7 Å². The number of aliphatic hydroxyl groups is 2. The zero-order chi connectivity index (χ0) is 45.2. The molecule has 2 aromatic rings. The molecule has 2 fully saturated rings. The number of halogens is 12. The lowest BCUT2D eigenvalue weighted by Gasteiger charge is -2.34. The molecule has 10 nitrogen and oxygen atoms in total. The Balaban J connectivity index is 1.64. The van der Waals surface area contributed by atoms with E-state index in [0.717, 1.165) is 0 Å². The molecule has 0 radical (unpaired) electrons. The van der Waals surface area contributed by atoms with Gasteiger partial charge in [-0.05, 0) is 35.4 Å². The number of hydrogen-bond donors (Lipinski definition) is 2. The van der Waals surface area contributed by atoms with Crippen molar-refractivity contribution in [2.24, 2.45) is 0 Å². The summed E-state index contributed by atoms with van der Waals surface area (Å²) in [7, 11) is 0. The maximum Gasteiger partial charge on any atom is 0.418 e. The van der Waals surface area contributed by atoms with Gasteiger partial charge in [0.25, 0.3) is 0 Å². The lowest BCUT2D eigenvalue weighted by atomic mass is 9.99. The molecule has 2 amide bonds. The number of piperazine rings is 2. The van der Waals surface area contributed by atoms with Crippen molar-refractivity contribution in [1.29, 1.82) is 0 Å². The van der Waals surface area contributed by atoms with Crippen LogP contribution in [0, 0.1) is 0 Å². The molecule has 0 bridgehead atoms. The summed E-state index contributed by atoms with van der Waals surface area (Å²) < 4.78 is 185. The molecule has 23 heteroatoms.